The fourth-order valence-electron chi connectivity index (χ4n) is 3.67. The van der Waals surface area contributed by atoms with Crippen LogP contribution in [0.4, 0.5) is 0 Å². The number of rotatable bonds is 3. The molecule has 0 fully saturated rings. The summed E-state index contributed by atoms with van der Waals surface area (Å²) in [6, 6.07) is 10.0. The van der Waals surface area contributed by atoms with Gasteiger partial charge in [0.2, 0.25) is 0 Å². The SMILES string of the molecule is O=c1ncc(CN2CCOc3c(Cl)cc(-n4ccc5cccnc54)cc3C2)c[nH]1. The van der Waals surface area contributed by atoms with Crippen LogP contribution in [-0.4, -0.2) is 37.6 Å². The number of ether oxygens (including phenoxy) is 1. The van der Waals surface area contributed by atoms with Gasteiger partial charge in [0, 0.05) is 66.6 Å². The van der Waals surface area contributed by atoms with Crippen molar-refractivity contribution in [3.05, 3.63) is 81.8 Å². The molecular formula is C21H18ClN5O2. The van der Waals surface area contributed by atoms with Crippen molar-refractivity contribution in [3.8, 4) is 11.4 Å². The van der Waals surface area contributed by atoms with Gasteiger partial charge in [-0.1, -0.05) is 11.6 Å². The lowest BCUT2D eigenvalue weighted by Gasteiger charge is -2.19. The van der Waals surface area contributed by atoms with Crippen LogP contribution >= 0.6 is 11.6 Å². The molecule has 7 nitrogen and oxygen atoms in total. The summed E-state index contributed by atoms with van der Waals surface area (Å²) in [5.74, 6) is 0.724. The zero-order chi connectivity index (χ0) is 19.8. The van der Waals surface area contributed by atoms with Crippen LogP contribution in [-0.2, 0) is 13.1 Å². The number of hydrogen-bond donors (Lipinski definition) is 1. The lowest BCUT2D eigenvalue weighted by atomic mass is 10.1. The summed E-state index contributed by atoms with van der Waals surface area (Å²) in [7, 11) is 0. The molecule has 0 saturated heterocycles. The first-order valence-corrected chi connectivity index (χ1v) is 9.69. The molecule has 5 rings (SSSR count). The van der Waals surface area contributed by atoms with Crippen LogP contribution in [0.2, 0.25) is 5.02 Å². The summed E-state index contributed by atoms with van der Waals surface area (Å²) in [5, 5.41) is 1.66. The number of benzene rings is 1. The Balaban J connectivity index is 1.50. The minimum atomic E-state index is -0.345. The third-order valence-corrected chi connectivity index (χ3v) is 5.30. The molecule has 4 heterocycles. The molecule has 0 radical (unpaired) electrons. The van der Waals surface area contributed by atoms with Crippen molar-refractivity contribution in [2.45, 2.75) is 13.1 Å². The van der Waals surface area contributed by atoms with Crippen molar-refractivity contribution in [2.75, 3.05) is 13.2 Å². The molecule has 0 spiro atoms. The second-order valence-corrected chi connectivity index (χ2v) is 7.41. The third-order valence-electron chi connectivity index (χ3n) is 5.01. The molecule has 1 aromatic carbocycles. The predicted octanol–water partition coefficient (Wildman–Crippen LogP) is 3.16. The van der Waals surface area contributed by atoms with Crippen molar-refractivity contribution < 1.29 is 4.74 Å². The van der Waals surface area contributed by atoms with Gasteiger partial charge in [-0.3, -0.25) is 4.90 Å². The second kappa shape index (κ2) is 7.35. The van der Waals surface area contributed by atoms with Gasteiger partial charge in [0.15, 0.2) is 0 Å². The molecule has 0 aliphatic carbocycles. The summed E-state index contributed by atoms with van der Waals surface area (Å²) in [6.07, 6.45) is 7.08. The number of pyridine rings is 1. The van der Waals surface area contributed by atoms with E-state index in [0.717, 1.165) is 40.1 Å². The summed E-state index contributed by atoms with van der Waals surface area (Å²) in [6.45, 7) is 2.61. The van der Waals surface area contributed by atoms with E-state index in [2.05, 4.69) is 25.9 Å². The second-order valence-electron chi connectivity index (χ2n) is 7.00. The van der Waals surface area contributed by atoms with Gasteiger partial charge in [0.25, 0.3) is 0 Å². The number of aromatic nitrogens is 4. The molecule has 1 aliphatic heterocycles. The van der Waals surface area contributed by atoms with Crippen LogP contribution in [0, 0.1) is 0 Å². The summed E-state index contributed by atoms with van der Waals surface area (Å²) in [4.78, 5) is 24.4. The number of hydrogen-bond acceptors (Lipinski definition) is 5. The molecule has 0 bridgehead atoms. The zero-order valence-electron chi connectivity index (χ0n) is 15.5. The molecule has 0 amide bonds. The summed E-state index contributed by atoms with van der Waals surface area (Å²) < 4.78 is 7.98. The highest BCUT2D eigenvalue weighted by atomic mass is 35.5. The maximum Gasteiger partial charge on any atom is 0.344 e. The molecule has 3 aromatic heterocycles. The van der Waals surface area contributed by atoms with Gasteiger partial charge in [-0.15, -0.1) is 0 Å². The van der Waals surface area contributed by atoms with E-state index in [1.54, 1.807) is 18.6 Å². The first kappa shape index (κ1) is 17.9. The molecule has 4 aromatic rings. The molecule has 1 aliphatic rings. The topological polar surface area (TPSA) is 76.0 Å². The van der Waals surface area contributed by atoms with Gasteiger partial charge >= 0.3 is 5.69 Å². The van der Waals surface area contributed by atoms with E-state index >= 15 is 0 Å². The smallest absolute Gasteiger partial charge is 0.344 e. The van der Waals surface area contributed by atoms with Gasteiger partial charge in [0.1, 0.15) is 18.0 Å². The molecule has 0 saturated carbocycles. The highest BCUT2D eigenvalue weighted by Crippen LogP contribution is 2.35. The summed E-state index contributed by atoms with van der Waals surface area (Å²) >= 11 is 6.59. The number of halogens is 1. The standard InChI is InChI=1S/C21H18ClN5O2/c22-18-9-17(27-5-3-15-2-1-4-23-20(15)27)8-16-13-26(6-7-29-19(16)18)12-14-10-24-21(28)25-11-14/h1-5,8-11H,6-7,12-13H2,(H,24,25,28). The average molecular weight is 408 g/mol. The number of fused-ring (bicyclic) bond motifs is 2. The van der Waals surface area contributed by atoms with E-state index in [1.165, 1.54) is 0 Å². The largest absolute Gasteiger partial charge is 0.490 e. The number of nitrogens with one attached hydrogen (secondary N) is 1. The Labute approximate surface area is 171 Å². The molecule has 29 heavy (non-hydrogen) atoms. The molecule has 8 heteroatoms. The predicted molar refractivity (Wildman–Crippen MR) is 111 cm³/mol. The van der Waals surface area contributed by atoms with Gasteiger partial charge < -0.3 is 14.3 Å². The Bertz CT molecular complexity index is 1230. The van der Waals surface area contributed by atoms with Gasteiger partial charge in [-0.05, 0) is 30.3 Å². The number of aromatic amines is 1. The minimum absolute atomic E-state index is 0.345. The van der Waals surface area contributed by atoms with E-state index < -0.39 is 0 Å². The van der Waals surface area contributed by atoms with Crippen molar-refractivity contribution in [1.82, 2.24) is 24.4 Å². The lowest BCUT2D eigenvalue weighted by molar-refractivity contribution is 0.219. The maximum absolute atomic E-state index is 11.2. The van der Waals surface area contributed by atoms with E-state index in [9.17, 15) is 4.79 Å². The van der Waals surface area contributed by atoms with Gasteiger partial charge in [0.05, 0.1) is 5.02 Å². The van der Waals surface area contributed by atoms with Crippen LogP contribution in [0.15, 0.2) is 59.9 Å². The Morgan fingerprint density at radius 3 is 3.03 bits per heavy atom. The average Bonchev–Trinajstić information content (AvgIpc) is 3.04. The number of H-pyrrole nitrogens is 1. The first-order chi connectivity index (χ1) is 14.2. The zero-order valence-corrected chi connectivity index (χ0v) is 16.3. The monoisotopic (exact) mass is 407 g/mol. The maximum atomic E-state index is 11.2. The van der Waals surface area contributed by atoms with Crippen molar-refractivity contribution in [1.29, 1.82) is 0 Å². The third kappa shape index (κ3) is 3.50. The normalized spacial score (nSPS) is 14.4. The first-order valence-electron chi connectivity index (χ1n) is 9.31. The van der Waals surface area contributed by atoms with Crippen LogP contribution in [0.1, 0.15) is 11.1 Å². The highest BCUT2D eigenvalue weighted by molar-refractivity contribution is 6.32. The quantitative estimate of drug-likeness (QED) is 0.564. The minimum Gasteiger partial charge on any atom is -0.490 e. The van der Waals surface area contributed by atoms with E-state index in [-0.39, 0.29) is 5.69 Å². The lowest BCUT2D eigenvalue weighted by Crippen LogP contribution is -2.26. The molecule has 0 unspecified atom stereocenters. The van der Waals surface area contributed by atoms with Crippen molar-refractivity contribution in [3.63, 3.8) is 0 Å². The van der Waals surface area contributed by atoms with Crippen LogP contribution in [0.25, 0.3) is 16.7 Å². The Morgan fingerprint density at radius 2 is 2.17 bits per heavy atom. The molecule has 0 atom stereocenters. The van der Waals surface area contributed by atoms with Crippen LogP contribution < -0.4 is 10.4 Å². The van der Waals surface area contributed by atoms with Crippen LogP contribution in [0.3, 0.4) is 0 Å². The molecule has 1 N–H and O–H groups in total. The summed E-state index contributed by atoms with van der Waals surface area (Å²) in [5.41, 5.74) is 3.44. The van der Waals surface area contributed by atoms with E-state index in [4.69, 9.17) is 16.3 Å². The molecular weight excluding hydrogens is 390 g/mol. The van der Waals surface area contributed by atoms with E-state index in [0.29, 0.717) is 24.7 Å². The fourth-order valence-corrected chi connectivity index (χ4v) is 3.96. The van der Waals surface area contributed by atoms with Gasteiger partial charge in [-0.2, -0.15) is 0 Å². The Morgan fingerprint density at radius 1 is 1.24 bits per heavy atom. The Hall–Kier alpha value is -3.16. The van der Waals surface area contributed by atoms with Gasteiger partial charge in [-0.25, -0.2) is 14.8 Å². The van der Waals surface area contributed by atoms with E-state index in [1.807, 2.05) is 35.0 Å². The van der Waals surface area contributed by atoms with Crippen molar-refractivity contribution >= 4 is 22.6 Å². The highest BCUT2D eigenvalue weighted by Gasteiger charge is 2.20. The Kier molecular flexibility index (Phi) is 4.54. The fraction of sp³-hybridized carbons (Fsp3) is 0.190. The molecule has 146 valence electrons. The van der Waals surface area contributed by atoms with Crippen molar-refractivity contribution in [2.24, 2.45) is 0 Å². The van der Waals surface area contributed by atoms with Crippen LogP contribution in [0.5, 0.6) is 5.75 Å². The number of nitrogens with zero attached hydrogens (tertiary/aromatic N) is 4.